The number of nitrogens with zero attached hydrogens (tertiary/aromatic N) is 3. The van der Waals surface area contributed by atoms with Gasteiger partial charge in [-0.25, -0.2) is 15.0 Å². The van der Waals surface area contributed by atoms with Crippen molar-refractivity contribution in [1.29, 1.82) is 0 Å². The van der Waals surface area contributed by atoms with Crippen LogP contribution < -0.4 is 0 Å². The Morgan fingerprint density at radius 1 is 0.456 bits per heavy atom. The van der Waals surface area contributed by atoms with E-state index in [0.29, 0.717) is 6.61 Å². The number of rotatable bonds is 10. The van der Waals surface area contributed by atoms with Crippen molar-refractivity contribution in [3.63, 3.8) is 0 Å². The van der Waals surface area contributed by atoms with E-state index in [9.17, 15) is 0 Å². The number of aromatic nitrogens is 5. The topological polar surface area (TPSA) is 88.7 Å². The number of nitrogens with one attached hydrogen (secondary N) is 2. The molecule has 330 valence electrons. The number of pyridine rings is 1. The van der Waals surface area contributed by atoms with Crippen molar-refractivity contribution in [3.05, 3.63) is 199 Å². The zero-order chi connectivity index (χ0) is 45.2. The van der Waals surface area contributed by atoms with Crippen LogP contribution in [0.4, 0.5) is 0 Å². The first-order chi connectivity index (χ1) is 33.7. The van der Waals surface area contributed by atoms with Gasteiger partial charge in [-0.2, -0.15) is 0 Å². The lowest BCUT2D eigenvalue weighted by molar-refractivity contribution is -0.162. The Morgan fingerprint density at radius 2 is 0.941 bits per heavy atom. The number of aromatic amines is 2. The highest BCUT2D eigenvalue weighted by Crippen LogP contribution is 2.48. The summed E-state index contributed by atoms with van der Waals surface area (Å²) in [6.45, 7) is 1.36. The highest BCUT2D eigenvalue weighted by molar-refractivity contribution is 6.04. The average molecular weight is 884 g/mol. The van der Waals surface area contributed by atoms with Gasteiger partial charge in [0.1, 0.15) is 0 Å². The normalized spacial score (nSPS) is 14.2. The van der Waals surface area contributed by atoms with Crippen LogP contribution in [0.25, 0.3) is 113 Å². The number of fused-ring (bicyclic) bond motifs is 11. The Balaban J connectivity index is 1.21. The van der Waals surface area contributed by atoms with E-state index in [0.717, 1.165) is 156 Å². The second kappa shape index (κ2) is 18.4. The molecule has 8 bridgehead atoms. The van der Waals surface area contributed by atoms with Crippen molar-refractivity contribution in [3.8, 4) is 78.4 Å². The van der Waals surface area contributed by atoms with Gasteiger partial charge in [-0.15, -0.1) is 0 Å². The molecule has 0 radical (unpaired) electrons. The number of hydrogen-bond acceptors (Lipinski definition) is 5. The highest BCUT2D eigenvalue weighted by Gasteiger charge is 2.29. The fraction of sp³-hybridized carbons (Fsp3) is 0.131. The molecule has 0 aliphatic carbocycles. The van der Waals surface area contributed by atoms with E-state index in [-0.39, 0.29) is 6.29 Å². The van der Waals surface area contributed by atoms with Crippen LogP contribution in [0.3, 0.4) is 0 Å². The number of ether oxygens (including phenoxy) is 2. The van der Waals surface area contributed by atoms with Crippen LogP contribution in [-0.2, 0) is 15.9 Å². The first-order valence-electron chi connectivity index (χ1n) is 23.8. The molecule has 7 heteroatoms. The van der Waals surface area contributed by atoms with Crippen LogP contribution in [0.5, 0.6) is 0 Å². The van der Waals surface area contributed by atoms with Gasteiger partial charge >= 0.3 is 0 Å². The Kier molecular flexibility index (Phi) is 11.2. The van der Waals surface area contributed by atoms with Gasteiger partial charge < -0.3 is 19.4 Å². The van der Waals surface area contributed by atoms with Crippen molar-refractivity contribution in [2.75, 3.05) is 13.2 Å². The zero-order valence-electron chi connectivity index (χ0n) is 37.7. The van der Waals surface area contributed by atoms with Crippen molar-refractivity contribution in [2.45, 2.75) is 38.4 Å². The third kappa shape index (κ3) is 7.96. The summed E-state index contributed by atoms with van der Waals surface area (Å²) in [7, 11) is 0. The first-order valence-corrected chi connectivity index (χ1v) is 23.8. The van der Waals surface area contributed by atoms with Crippen molar-refractivity contribution in [2.24, 2.45) is 0 Å². The van der Waals surface area contributed by atoms with Gasteiger partial charge in [-0.3, -0.25) is 0 Å². The van der Waals surface area contributed by atoms with E-state index >= 15 is 0 Å². The van der Waals surface area contributed by atoms with Gasteiger partial charge in [0.15, 0.2) is 6.29 Å². The van der Waals surface area contributed by atoms with E-state index in [2.05, 4.69) is 204 Å². The quantitative estimate of drug-likeness (QED) is 0.134. The van der Waals surface area contributed by atoms with Crippen LogP contribution in [0.15, 0.2) is 182 Å². The van der Waals surface area contributed by atoms with Crippen LogP contribution in [0.2, 0.25) is 0 Å². The third-order valence-corrected chi connectivity index (χ3v) is 13.2. The van der Waals surface area contributed by atoms with E-state index in [1.54, 1.807) is 0 Å². The number of H-pyrrole nitrogens is 2. The third-order valence-electron chi connectivity index (χ3n) is 13.2. The zero-order valence-corrected chi connectivity index (χ0v) is 37.7. The molecule has 2 N–H and O–H groups in total. The number of benzene rings is 5. The molecular formula is C61H49N5O2. The van der Waals surface area contributed by atoms with E-state index in [4.69, 9.17) is 24.4 Å². The molecule has 1 saturated heterocycles. The summed E-state index contributed by atoms with van der Waals surface area (Å²) in [4.78, 5) is 25.0. The standard InChI is InChI=1S/C61H49N5O2/c1-6-19-40(20-7-1)54-47-31-32-48(62-47)55(41-21-8-2-9-22-41)50-34-36-52(64-50)57(43-25-12-4-13-26-43)61-60-46(59(66-61)56(42-23-10-3-11-24-42)51-35-33-49(54)63-51)39-45(58(65-60)44-27-14-5-15-28-44)29-18-38-68-53-30-16-17-37-67-53/h1-15,19-28,31-36,39,53,62,64H,16-18,29-30,37-38H2. The second-order valence-corrected chi connectivity index (χ2v) is 17.6. The lowest BCUT2D eigenvalue weighted by Gasteiger charge is -2.22. The van der Waals surface area contributed by atoms with Crippen LogP contribution in [0, 0.1) is 0 Å². The van der Waals surface area contributed by atoms with Gasteiger partial charge in [0.2, 0.25) is 0 Å². The maximum atomic E-state index is 6.29. The summed E-state index contributed by atoms with van der Waals surface area (Å²) < 4.78 is 12.2. The van der Waals surface area contributed by atoms with Gasteiger partial charge in [-0.05, 0) is 102 Å². The summed E-state index contributed by atoms with van der Waals surface area (Å²) >= 11 is 0. The summed E-state index contributed by atoms with van der Waals surface area (Å²) in [6.07, 6.45) is 8.91. The number of hydrogen-bond donors (Lipinski definition) is 2. The Hall–Kier alpha value is -7.97. The van der Waals surface area contributed by atoms with E-state index in [1.165, 1.54) is 0 Å². The Labute approximate surface area is 395 Å². The summed E-state index contributed by atoms with van der Waals surface area (Å²) in [6, 6.07) is 64.0. The lowest BCUT2D eigenvalue weighted by Crippen LogP contribution is -2.22. The monoisotopic (exact) mass is 883 g/mol. The molecule has 9 aromatic rings. The summed E-state index contributed by atoms with van der Waals surface area (Å²) in [5.74, 6) is 0. The molecule has 12 rings (SSSR count). The molecule has 1 atom stereocenters. The smallest absolute Gasteiger partial charge is 0.157 e. The Morgan fingerprint density at radius 3 is 1.51 bits per heavy atom. The summed E-state index contributed by atoms with van der Waals surface area (Å²) in [5, 5.41) is 0. The van der Waals surface area contributed by atoms with Gasteiger partial charge in [0, 0.05) is 62.1 Å². The van der Waals surface area contributed by atoms with E-state index < -0.39 is 0 Å². The molecule has 7 heterocycles. The molecule has 68 heavy (non-hydrogen) atoms. The average Bonchev–Trinajstić information content (AvgIpc) is 4.25. The molecule has 3 aliphatic heterocycles. The molecule has 5 aromatic carbocycles. The maximum absolute atomic E-state index is 6.29. The molecule has 1 fully saturated rings. The van der Waals surface area contributed by atoms with Crippen LogP contribution in [0.1, 0.15) is 42.6 Å². The van der Waals surface area contributed by atoms with Crippen molar-refractivity contribution >= 4 is 34.2 Å². The van der Waals surface area contributed by atoms with E-state index in [1.807, 2.05) is 0 Å². The minimum atomic E-state index is -0.138. The number of aryl methyl sites for hydroxylation is 1. The SMILES string of the molecule is C1=Cc2nc1c(-c1ccccc1)c1nc(c(-c3ccccc3)c3ccc([nH]3)c(-c3ccccc3)c3ccc([nH]3)c2-c2ccccc2)-c2nc(-c3ccccc3)c(CCCOC3CCCCO3)cc2-1. The van der Waals surface area contributed by atoms with Gasteiger partial charge in [-0.1, -0.05) is 152 Å². The molecule has 3 aliphatic rings. The van der Waals surface area contributed by atoms with Crippen LogP contribution >= 0.6 is 0 Å². The maximum Gasteiger partial charge on any atom is 0.157 e. The van der Waals surface area contributed by atoms with Crippen LogP contribution in [-0.4, -0.2) is 44.4 Å². The molecule has 0 spiro atoms. The molecule has 0 saturated carbocycles. The largest absolute Gasteiger partial charge is 0.354 e. The highest BCUT2D eigenvalue weighted by atomic mass is 16.7. The minimum absolute atomic E-state index is 0.138. The Bertz CT molecular complexity index is 3470. The second-order valence-electron chi connectivity index (χ2n) is 17.6. The molecule has 1 unspecified atom stereocenters. The fourth-order valence-electron chi connectivity index (χ4n) is 10.0. The summed E-state index contributed by atoms with van der Waals surface area (Å²) in [5.41, 5.74) is 20.3. The first kappa shape index (κ1) is 41.5. The minimum Gasteiger partial charge on any atom is -0.354 e. The molecule has 7 nitrogen and oxygen atoms in total. The molecule has 0 amide bonds. The predicted molar refractivity (Wildman–Crippen MR) is 277 cm³/mol. The molecular weight excluding hydrogens is 835 g/mol. The predicted octanol–water partition coefficient (Wildman–Crippen LogP) is 15.0. The lowest BCUT2D eigenvalue weighted by atomic mass is 9.93. The van der Waals surface area contributed by atoms with Crippen molar-refractivity contribution in [1.82, 2.24) is 24.9 Å². The molecule has 4 aromatic heterocycles. The van der Waals surface area contributed by atoms with Gasteiger partial charge in [0.05, 0.1) is 40.8 Å². The van der Waals surface area contributed by atoms with Gasteiger partial charge in [0.25, 0.3) is 0 Å². The fourth-order valence-corrected chi connectivity index (χ4v) is 10.0. The van der Waals surface area contributed by atoms with Crippen molar-refractivity contribution < 1.29 is 9.47 Å².